The Morgan fingerprint density at radius 2 is 1.72 bits per heavy atom. The van der Waals surface area contributed by atoms with Crippen LogP contribution in [0.25, 0.3) is 11.4 Å². The van der Waals surface area contributed by atoms with Gasteiger partial charge in [0.15, 0.2) is 10.6 Å². The van der Waals surface area contributed by atoms with Gasteiger partial charge < -0.3 is 9.67 Å². The molecule has 1 aromatic carbocycles. The minimum atomic E-state index is 0.199. The molecular weight excluding hydrogens is 246 g/mol. The van der Waals surface area contributed by atoms with Gasteiger partial charge in [0.1, 0.15) is 5.75 Å². The van der Waals surface area contributed by atoms with Crippen molar-refractivity contribution >= 4 is 12.2 Å². The van der Waals surface area contributed by atoms with E-state index in [1.54, 1.807) is 29.8 Å². The van der Waals surface area contributed by atoms with Crippen LogP contribution in [0.1, 0.15) is 27.7 Å². The number of para-hydroxylation sites is 1. The minimum absolute atomic E-state index is 0.199. The first-order valence-corrected chi connectivity index (χ1v) is 6.50. The SMILES string of the molecule is CC.CC.Cn1c(-c2ccccc2O)n[nH]c1=S. The first-order chi connectivity index (χ1) is 8.70. The van der Waals surface area contributed by atoms with Gasteiger partial charge in [0.25, 0.3) is 0 Å². The number of hydrogen-bond acceptors (Lipinski definition) is 3. The Bertz CT molecular complexity index is 517. The summed E-state index contributed by atoms with van der Waals surface area (Å²) in [5.74, 6) is 0.831. The van der Waals surface area contributed by atoms with E-state index in [1.165, 1.54) is 0 Å². The zero-order valence-electron chi connectivity index (χ0n) is 11.6. The van der Waals surface area contributed by atoms with E-state index in [0.717, 1.165) is 0 Å². The van der Waals surface area contributed by atoms with Crippen LogP contribution >= 0.6 is 12.2 Å². The monoisotopic (exact) mass is 267 g/mol. The van der Waals surface area contributed by atoms with Gasteiger partial charge in [0.05, 0.1) is 5.56 Å². The molecule has 100 valence electrons. The maximum Gasteiger partial charge on any atom is 0.195 e. The maximum absolute atomic E-state index is 9.60. The number of nitrogens with one attached hydrogen (secondary N) is 1. The van der Waals surface area contributed by atoms with E-state index in [-0.39, 0.29) is 5.75 Å². The molecule has 0 saturated carbocycles. The van der Waals surface area contributed by atoms with E-state index < -0.39 is 0 Å². The molecule has 0 aliphatic heterocycles. The number of hydrogen-bond donors (Lipinski definition) is 2. The van der Waals surface area contributed by atoms with Crippen molar-refractivity contribution in [3.8, 4) is 17.1 Å². The molecule has 0 radical (unpaired) electrons. The first-order valence-electron chi connectivity index (χ1n) is 6.10. The molecule has 0 saturated heterocycles. The van der Waals surface area contributed by atoms with Gasteiger partial charge in [-0.3, -0.25) is 5.10 Å². The Morgan fingerprint density at radius 1 is 1.17 bits per heavy atom. The fraction of sp³-hybridized carbons (Fsp3) is 0.385. The predicted octanol–water partition coefficient (Wildman–Crippen LogP) is 3.90. The number of aromatic hydroxyl groups is 1. The molecule has 1 aromatic heterocycles. The Labute approximate surface area is 113 Å². The van der Waals surface area contributed by atoms with Crippen molar-refractivity contribution in [1.29, 1.82) is 0 Å². The third kappa shape index (κ3) is 3.70. The van der Waals surface area contributed by atoms with Crippen LogP contribution in [-0.4, -0.2) is 19.9 Å². The fourth-order valence-electron chi connectivity index (χ4n) is 1.25. The Hall–Kier alpha value is -1.62. The van der Waals surface area contributed by atoms with Gasteiger partial charge in [-0.2, -0.15) is 5.10 Å². The lowest BCUT2D eigenvalue weighted by molar-refractivity contribution is 0.476. The van der Waals surface area contributed by atoms with Crippen molar-refractivity contribution in [1.82, 2.24) is 14.8 Å². The van der Waals surface area contributed by atoms with Crippen molar-refractivity contribution in [3.05, 3.63) is 29.0 Å². The standard InChI is InChI=1S/C9H9N3OS.2C2H6/c1-12-8(10-11-9(12)14)6-4-2-3-5-7(6)13;2*1-2/h2-5,13H,1H3,(H,11,14);2*1-2H3. The van der Waals surface area contributed by atoms with Gasteiger partial charge in [-0.1, -0.05) is 39.8 Å². The maximum atomic E-state index is 9.60. The van der Waals surface area contributed by atoms with Crippen LogP contribution in [0, 0.1) is 4.77 Å². The molecule has 2 rings (SSSR count). The molecule has 5 heteroatoms. The van der Waals surface area contributed by atoms with E-state index in [4.69, 9.17) is 12.2 Å². The first kappa shape index (κ1) is 16.4. The van der Waals surface area contributed by atoms with Crippen LogP contribution in [0.3, 0.4) is 0 Å². The highest BCUT2D eigenvalue weighted by Gasteiger charge is 2.08. The van der Waals surface area contributed by atoms with Crippen molar-refractivity contribution in [2.45, 2.75) is 27.7 Å². The van der Waals surface area contributed by atoms with E-state index in [2.05, 4.69) is 10.2 Å². The van der Waals surface area contributed by atoms with Crippen LogP contribution in [0.2, 0.25) is 0 Å². The number of phenolic OH excluding ortho intramolecular Hbond substituents is 1. The van der Waals surface area contributed by atoms with E-state index in [0.29, 0.717) is 16.2 Å². The lowest BCUT2D eigenvalue weighted by Gasteiger charge is -2.02. The second kappa shape index (κ2) is 8.47. The zero-order chi connectivity index (χ0) is 14.1. The molecule has 0 spiro atoms. The molecule has 0 aliphatic rings. The second-order valence-corrected chi connectivity index (χ2v) is 3.32. The summed E-state index contributed by atoms with van der Waals surface area (Å²) in [5.41, 5.74) is 0.669. The Kier molecular flexibility index (Phi) is 7.71. The van der Waals surface area contributed by atoms with Gasteiger partial charge in [0.2, 0.25) is 0 Å². The topological polar surface area (TPSA) is 53.8 Å². The van der Waals surface area contributed by atoms with Gasteiger partial charge >= 0.3 is 0 Å². The normalized spacial score (nSPS) is 8.72. The Morgan fingerprint density at radius 3 is 2.17 bits per heavy atom. The summed E-state index contributed by atoms with van der Waals surface area (Å²) >= 11 is 4.98. The lowest BCUT2D eigenvalue weighted by Crippen LogP contribution is -1.92. The number of phenols is 1. The van der Waals surface area contributed by atoms with Gasteiger partial charge in [-0.25, -0.2) is 0 Å². The van der Waals surface area contributed by atoms with Crippen molar-refractivity contribution in [2.75, 3.05) is 0 Å². The number of benzene rings is 1. The van der Waals surface area contributed by atoms with E-state index in [9.17, 15) is 5.11 Å². The van der Waals surface area contributed by atoms with Crippen LogP contribution in [0.5, 0.6) is 5.75 Å². The van der Waals surface area contributed by atoms with E-state index >= 15 is 0 Å². The van der Waals surface area contributed by atoms with Crippen molar-refractivity contribution < 1.29 is 5.11 Å². The third-order valence-corrected chi connectivity index (χ3v) is 2.39. The van der Waals surface area contributed by atoms with Crippen LogP contribution in [-0.2, 0) is 7.05 Å². The summed E-state index contributed by atoms with van der Waals surface area (Å²) in [4.78, 5) is 0. The number of aromatic amines is 1. The summed E-state index contributed by atoms with van der Waals surface area (Å²) in [6.45, 7) is 8.00. The highest BCUT2D eigenvalue weighted by Crippen LogP contribution is 2.26. The molecule has 2 aromatic rings. The Balaban J connectivity index is 0.000000659. The van der Waals surface area contributed by atoms with Gasteiger partial charge in [-0.15, -0.1) is 0 Å². The highest BCUT2D eigenvalue weighted by molar-refractivity contribution is 7.71. The number of aromatic nitrogens is 3. The summed E-state index contributed by atoms with van der Waals surface area (Å²) in [6, 6.07) is 7.01. The lowest BCUT2D eigenvalue weighted by atomic mass is 10.2. The highest BCUT2D eigenvalue weighted by atomic mass is 32.1. The summed E-state index contributed by atoms with van der Waals surface area (Å²) in [7, 11) is 1.80. The number of nitrogens with zero attached hydrogens (tertiary/aromatic N) is 2. The minimum Gasteiger partial charge on any atom is -0.507 e. The average Bonchev–Trinajstić information content (AvgIpc) is 2.76. The molecule has 0 fully saturated rings. The van der Waals surface area contributed by atoms with Crippen molar-refractivity contribution in [2.24, 2.45) is 7.05 Å². The molecule has 2 N–H and O–H groups in total. The summed E-state index contributed by atoms with van der Waals surface area (Å²) in [6.07, 6.45) is 0. The van der Waals surface area contributed by atoms with Crippen LogP contribution in [0.15, 0.2) is 24.3 Å². The third-order valence-electron chi connectivity index (χ3n) is 2.02. The average molecular weight is 267 g/mol. The van der Waals surface area contributed by atoms with E-state index in [1.807, 2.05) is 33.8 Å². The zero-order valence-corrected chi connectivity index (χ0v) is 12.4. The molecule has 0 atom stereocenters. The second-order valence-electron chi connectivity index (χ2n) is 2.93. The molecule has 0 bridgehead atoms. The largest absolute Gasteiger partial charge is 0.507 e. The fourth-order valence-corrected chi connectivity index (χ4v) is 1.38. The van der Waals surface area contributed by atoms with Crippen molar-refractivity contribution in [3.63, 3.8) is 0 Å². The molecule has 0 unspecified atom stereocenters. The van der Waals surface area contributed by atoms with Crippen LogP contribution in [0.4, 0.5) is 0 Å². The molecule has 0 amide bonds. The molecular formula is C13H21N3OS. The molecule has 4 nitrogen and oxygen atoms in total. The van der Waals surface area contributed by atoms with Gasteiger partial charge in [-0.05, 0) is 24.4 Å². The smallest absolute Gasteiger partial charge is 0.195 e. The number of H-pyrrole nitrogens is 1. The molecule has 18 heavy (non-hydrogen) atoms. The quantitative estimate of drug-likeness (QED) is 0.770. The predicted molar refractivity (Wildman–Crippen MR) is 78.2 cm³/mol. The molecule has 1 heterocycles. The molecule has 0 aliphatic carbocycles. The summed E-state index contributed by atoms with van der Waals surface area (Å²) < 4.78 is 2.24. The van der Waals surface area contributed by atoms with Crippen LogP contribution < -0.4 is 0 Å². The van der Waals surface area contributed by atoms with Gasteiger partial charge in [0, 0.05) is 7.05 Å². The summed E-state index contributed by atoms with van der Waals surface area (Å²) in [5, 5.41) is 16.3. The number of rotatable bonds is 1.